The van der Waals surface area contributed by atoms with Gasteiger partial charge >= 0.3 is 0 Å². The zero-order valence-corrected chi connectivity index (χ0v) is 15.0. The molecule has 1 N–H and O–H groups in total. The highest BCUT2D eigenvalue weighted by Gasteiger charge is 2.11. The standard InChI is InChI=1S/C15H16ClN7OS/c1-22-10-18-20-15(22)25-7-6-17-14(24)13-9-23(21-19-13)8-11-2-4-12(16)5-3-11/h2-5,9-10H,6-8H2,1H3,(H,17,24). The van der Waals surface area contributed by atoms with Crippen LogP contribution in [0.5, 0.6) is 0 Å². The molecule has 0 atom stereocenters. The van der Waals surface area contributed by atoms with Crippen LogP contribution in [0.2, 0.25) is 5.02 Å². The van der Waals surface area contributed by atoms with Gasteiger partial charge in [0, 0.05) is 24.4 Å². The van der Waals surface area contributed by atoms with Crippen LogP contribution < -0.4 is 5.32 Å². The van der Waals surface area contributed by atoms with Gasteiger partial charge in [-0.2, -0.15) is 0 Å². The fourth-order valence-corrected chi connectivity index (χ4v) is 2.93. The molecule has 0 fully saturated rings. The second kappa shape index (κ2) is 8.13. The van der Waals surface area contributed by atoms with E-state index in [4.69, 9.17) is 11.6 Å². The predicted molar refractivity (Wildman–Crippen MR) is 94.6 cm³/mol. The summed E-state index contributed by atoms with van der Waals surface area (Å²) in [7, 11) is 1.87. The minimum absolute atomic E-state index is 0.249. The smallest absolute Gasteiger partial charge is 0.273 e. The molecule has 3 rings (SSSR count). The Hall–Kier alpha value is -2.39. The van der Waals surface area contributed by atoms with Crippen molar-refractivity contribution >= 4 is 29.3 Å². The number of hydrogen-bond acceptors (Lipinski definition) is 6. The van der Waals surface area contributed by atoms with Crippen LogP contribution in [0.15, 0.2) is 41.9 Å². The van der Waals surface area contributed by atoms with Crippen molar-refractivity contribution in [3.8, 4) is 0 Å². The third kappa shape index (κ3) is 4.80. The van der Waals surface area contributed by atoms with Gasteiger partial charge in [-0.15, -0.1) is 15.3 Å². The average molecular weight is 378 g/mol. The molecule has 0 aliphatic heterocycles. The van der Waals surface area contributed by atoms with Crippen LogP contribution in [0.3, 0.4) is 0 Å². The van der Waals surface area contributed by atoms with E-state index in [0.29, 0.717) is 23.9 Å². The van der Waals surface area contributed by atoms with E-state index < -0.39 is 0 Å². The second-order valence-corrected chi connectivity index (χ2v) is 6.76. The summed E-state index contributed by atoms with van der Waals surface area (Å²) in [6.45, 7) is 1.03. The lowest BCUT2D eigenvalue weighted by molar-refractivity contribution is 0.0951. The molecule has 0 bridgehead atoms. The SMILES string of the molecule is Cn1cnnc1SCCNC(=O)c1cn(Cc2ccc(Cl)cc2)nn1. The zero-order chi connectivity index (χ0) is 17.6. The zero-order valence-electron chi connectivity index (χ0n) is 13.5. The number of nitrogens with one attached hydrogen (secondary N) is 1. The highest BCUT2D eigenvalue weighted by Crippen LogP contribution is 2.12. The van der Waals surface area contributed by atoms with Gasteiger partial charge in [0.2, 0.25) is 0 Å². The van der Waals surface area contributed by atoms with E-state index in [-0.39, 0.29) is 11.6 Å². The van der Waals surface area contributed by atoms with Crippen molar-refractivity contribution in [3.05, 3.63) is 53.1 Å². The van der Waals surface area contributed by atoms with Gasteiger partial charge in [-0.3, -0.25) is 4.79 Å². The fourth-order valence-electron chi connectivity index (χ4n) is 2.06. The third-order valence-electron chi connectivity index (χ3n) is 3.32. The summed E-state index contributed by atoms with van der Waals surface area (Å²) in [4.78, 5) is 12.1. The van der Waals surface area contributed by atoms with Crippen LogP contribution >= 0.6 is 23.4 Å². The Morgan fingerprint density at radius 2 is 2.08 bits per heavy atom. The van der Waals surface area contributed by atoms with E-state index in [0.717, 1.165) is 10.7 Å². The third-order valence-corrected chi connectivity index (χ3v) is 4.61. The topological polar surface area (TPSA) is 90.5 Å². The van der Waals surface area contributed by atoms with Gasteiger partial charge in [0.1, 0.15) is 6.33 Å². The number of benzene rings is 1. The summed E-state index contributed by atoms with van der Waals surface area (Å²) in [5, 5.41) is 20.0. The van der Waals surface area contributed by atoms with E-state index >= 15 is 0 Å². The Kier molecular flexibility index (Phi) is 5.67. The molecule has 2 heterocycles. The van der Waals surface area contributed by atoms with Gasteiger partial charge < -0.3 is 9.88 Å². The van der Waals surface area contributed by atoms with Gasteiger partial charge in [0.05, 0.1) is 12.7 Å². The van der Waals surface area contributed by atoms with Crippen molar-refractivity contribution in [1.29, 1.82) is 0 Å². The lowest BCUT2D eigenvalue weighted by atomic mass is 10.2. The number of rotatable bonds is 7. The summed E-state index contributed by atoms with van der Waals surface area (Å²) in [5.74, 6) is 0.443. The summed E-state index contributed by atoms with van der Waals surface area (Å²) in [6.07, 6.45) is 3.26. The first kappa shape index (κ1) is 17.4. The Morgan fingerprint density at radius 1 is 1.28 bits per heavy atom. The minimum atomic E-state index is -0.249. The monoisotopic (exact) mass is 377 g/mol. The molecule has 25 heavy (non-hydrogen) atoms. The molecule has 0 radical (unpaired) electrons. The fraction of sp³-hybridized carbons (Fsp3) is 0.267. The second-order valence-electron chi connectivity index (χ2n) is 5.26. The number of carbonyl (C=O) groups excluding carboxylic acids is 1. The molecule has 1 amide bonds. The number of aryl methyl sites for hydroxylation is 1. The quantitative estimate of drug-likeness (QED) is 0.497. The highest BCUT2D eigenvalue weighted by atomic mass is 35.5. The number of halogens is 1. The molecule has 0 saturated heterocycles. The van der Waals surface area contributed by atoms with Crippen molar-refractivity contribution < 1.29 is 4.79 Å². The van der Waals surface area contributed by atoms with Crippen molar-refractivity contribution in [2.45, 2.75) is 11.7 Å². The molecular formula is C15H16ClN7OS. The number of hydrogen-bond donors (Lipinski definition) is 1. The van der Waals surface area contributed by atoms with Crippen molar-refractivity contribution in [3.63, 3.8) is 0 Å². The normalized spacial score (nSPS) is 10.8. The van der Waals surface area contributed by atoms with Gasteiger partial charge in [-0.1, -0.05) is 40.7 Å². The molecule has 8 nitrogen and oxygen atoms in total. The van der Waals surface area contributed by atoms with E-state index in [1.165, 1.54) is 11.8 Å². The number of amides is 1. The maximum Gasteiger partial charge on any atom is 0.273 e. The van der Waals surface area contributed by atoms with Crippen LogP contribution in [0.1, 0.15) is 16.1 Å². The predicted octanol–water partition coefficient (Wildman–Crippen LogP) is 1.63. The Morgan fingerprint density at radius 3 is 2.80 bits per heavy atom. The maximum atomic E-state index is 12.1. The lowest BCUT2D eigenvalue weighted by Gasteiger charge is -2.02. The minimum Gasteiger partial charge on any atom is -0.350 e. The van der Waals surface area contributed by atoms with Crippen LogP contribution in [0.4, 0.5) is 0 Å². The molecule has 0 spiro atoms. The number of thioether (sulfide) groups is 1. The molecule has 10 heteroatoms. The van der Waals surface area contributed by atoms with Gasteiger partial charge in [0.25, 0.3) is 5.91 Å². The Labute approximate surface area is 153 Å². The molecule has 0 unspecified atom stereocenters. The number of carbonyl (C=O) groups is 1. The lowest BCUT2D eigenvalue weighted by Crippen LogP contribution is -2.26. The summed E-state index contributed by atoms with van der Waals surface area (Å²) < 4.78 is 3.45. The summed E-state index contributed by atoms with van der Waals surface area (Å²) in [6, 6.07) is 7.45. The molecule has 130 valence electrons. The van der Waals surface area contributed by atoms with Crippen molar-refractivity contribution in [2.24, 2.45) is 7.05 Å². The summed E-state index contributed by atoms with van der Waals surface area (Å²) >= 11 is 7.39. The van der Waals surface area contributed by atoms with E-state index in [2.05, 4.69) is 25.8 Å². The van der Waals surface area contributed by atoms with E-state index in [1.54, 1.807) is 17.2 Å². The van der Waals surface area contributed by atoms with Gasteiger partial charge in [0.15, 0.2) is 10.9 Å². The Bertz CT molecular complexity index is 846. The molecule has 2 aromatic heterocycles. The molecule has 1 aromatic carbocycles. The highest BCUT2D eigenvalue weighted by molar-refractivity contribution is 7.99. The van der Waals surface area contributed by atoms with Crippen LogP contribution in [0, 0.1) is 0 Å². The Balaban J connectivity index is 1.47. The first-order chi connectivity index (χ1) is 12.1. The largest absolute Gasteiger partial charge is 0.350 e. The molecular weight excluding hydrogens is 362 g/mol. The molecule has 0 saturated carbocycles. The molecule has 3 aromatic rings. The number of aromatic nitrogens is 6. The van der Waals surface area contributed by atoms with Crippen molar-refractivity contribution in [2.75, 3.05) is 12.3 Å². The van der Waals surface area contributed by atoms with Crippen LogP contribution in [-0.4, -0.2) is 48.0 Å². The van der Waals surface area contributed by atoms with Gasteiger partial charge in [-0.25, -0.2) is 4.68 Å². The molecule has 0 aliphatic rings. The summed E-state index contributed by atoms with van der Waals surface area (Å²) in [5.41, 5.74) is 1.32. The first-order valence-electron chi connectivity index (χ1n) is 7.51. The van der Waals surface area contributed by atoms with Crippen LogP contribution in [0.25, 0.3) is 0 Å². The first-order valence-corrected chi connectivity index (χ1v) is 8.88. The van der Waals surface area contributed by atoms with Crippen LogP contribution in [-0.2, 0) is 13.6 Å². The average Bonchev–Trinajstić information content (AvgIpc) is 3.23. The van der Waals surface area contributed by atoms with E-state index in [9.17, 15) is 4.79 Å². The number of nitrogens with zero attached hydrogens (tertiary/aromatic N) is 6. The molecule has 0 aliphatic carbocycles. The van der Waals surface area contributed by atoms with Gasteiger partial charge in [-0.05, 0) is 17.7 Å². The van der Waals surface area contributed by atoms with Crippen molar-refractivity contribution in [1.82, 2.24) is 35.1 Å². The van der Waals surface area contributed by atoms with E-state index in [1.807, 2.05) is 35.9 Å². The maximum absolute atomic E-state index is 12.1.